The summed E-state index contributed by atoms with van der Waals surface area (Å²) < 4.78 is 59.1. The number of allylic oxidation sites excluding steroid dienone is 3. The third-order valence-corrected chi connectivity index (χ3v) is 7.13. The molecule has 3 fully saturated rings. The summed E-state index contributed by atoms with van der Waals surface area (Å²) >= 11 is 0. The van der Waals surface area contributed by atoms with Crippen molar-refractivity contribution in [2.75, 3.05) is 43.5 Å². The number of likely N-dealkylation sites (N-methyl/N-ethyl adjacent to an activating group) is 1. The molecule has 0 saturated carbocycles. The number of aromatic nitrogens is 2. The molecular weight excluding hydrogens is 468 g/mol. The maximum Gasteiger partial charge on any atom is 0.283 e. The molecular formula is C23H28F4N6O2. The van der Waals surface area contributed by atoms with Crippen LogP contribution in [0, 0.1) is 11.8 Å². The third-order valence-electron chi connectivity index (χ3n) is 7.13. The van der Waals surface area contributed by atoms with Crippen molar-refractivity contribution in [2.24, 2.45) is 11.8 Å². The summed E-state index contributed by atoms with van der Waals surface area (Å²) in [5.74, 6) is -3.38. The Morgan fingerprint density at radius 3 is 2.80 bits per heavy atom. The molecule has 3 aliphatic heterocycles. The van der Waals surface area contributed by atoms with E-state index in [1.54, 1.807) is 18.1 Å². The Balaban J connectivity index is 1.37. The highest BCUT2D eigenvalue weighted by atomic mass is 19.3. The number of carbonyl (C=O) groups excluding carboxylic acids is 1. The average molecular weight is 497 g/mol. The molecule has 1 aromatic rings. The van der Waals surface area contributed by atoms with Gasteiger partial charge >= 0.3 is 0 Å². The molecule has 1 amide bonds. The fourth-order valence-electron chi connectivity index (χ4n) is 5.02. The zero-order valence-corrected chi connectivity index (χ0v) is 19.5. The molecule has 3 saturated heterocycles. The molecule has 3 unspecified atom stereocenters. The summed E-state index contributed by atoms with van der Waals surface area (Å²) in [6.45, 7) is 1.01. The molecule has 0 aromatic carbocycles. The molecule has 1 aliphatic carbocycles. The maximum absolute atomic E-state index is 14.0. The number of hydrogen-bond acceptors (Lipinski definition) is 7. The highest BCUT2D eigenvalue weighted by Crippen LogP contribution is 2.38. The topological polar surface area (TPSA) is 82.6 Å². The van der Waals surface area contributed by atoms with Crippen molar-refractivity contribution < 1.29 is 27.1 Å². The molecule has 1 aromatic heterocycles. The number of rotatable bonds is 5. The number of aryl methyl sites for hydroxylation is 1. The number of anilines is 2. The molecule has 0 bridgehead atoms. The second-order valence-electron chi connectivity index (χ2n) is 9.51. The van der Waals surface area contributed by atoms with Crippen LogP contribution >= 0.6 is 0 Å². The predicted molar refractivity (Wildman–Crippen MR) is 120 cm³/mol. The second-order valence-corrected chi connectivity index (χ2v) is 9.51. The van der Waals surface area contributed by atoms with Crippen molar-refractivity contribution in [1.82, 2.24) is 20.2 Å². The molecule has 0 radical (unpaired) electrons. The number of nitrogens with one attached hydrogen (secondary N) is 2. The first-order chi connectivity index (χ1) is 16.7. The lowest BCUT2D eigenvalue weighted by Gasteiger charge is -2.44. The van der Waals surface area contributed by atoms with Gasteiger partial charge in [0.25, 0.3) is 11.8 Å². The van der Waals surface area contributed by atoms with E-state index in [0.717, 1.165) is 17.0 Å². The van der Waals surface area contributed by atoms with E-state index in [0.29, 0.717) is 24.6 Å². The number of likely N-dealkylation sites (tertiary alicyclic amines) is 1. The molecule has 0 spiro atoms. The van der Waals surface area contributed by atoms with Gasteiger partial charge in [-0.25, -0.2) is 22.5 Å². The number of amides is 1. The minimum Gasteiger partial charge on any atom is -0.360 e. The normalized spacial score (nSPS) is 28.5. The van der Waals surface area contributed by atoms with Gasteiger partial charge in [-0.1, -0.05) is 6.92 Å². The van der Waals surface area contributed by atoms with Gasteiger partial charge in [-0.2, -0.15) is 4.98 Å². The number of halogens is 4. The van der Waals surface area contributed by atoms with Crippen LogP contribution in [0.25, 0.3) is 0 Å². The molecule has 8 nitrogen and oxygen atoms in total. The summed E-state index contributed by atoms with van der Waals surface area (Å²) in [5.41, 5.74) is 2.40. The number of fused-ring (bicyclic) bond motifs is 3. The second kappa shape index (κ2) is 9.05. The van der Waals surface area contributed by atoms with Gasteiger partial charge < -0.3 is 25.2 Å². The number of ether oxygens (including phenoxy) is 1. The summed E-state index contributed by atoms with van der Waals surface area (Å²) in [4.78, 5) is 24.9. The first-order valence-electron chi connectivity index (χ1n) is 11.7. The zero-order chi connectivity index (χ0) is 24.9. The first-order valence-corrected chi connectivity index (χ1v) is 11.7. The van der Waals surface area contributed by atoms with Crippen LogP contribution in [0.5, 0.6) is 0 Å². The van der Waals surface area contributed by atoms with E-state index in [1.807, 2.05) is 19.1 Å². The van der Waals surface area contributed by atoms with Crippen molar-refractivity contribution in [3.63, 3.8) is 0 Å². The smallest absolute Gasteiger partial charge is 0.283 e. The highest BCUT2D eigenvalue weighted by Gasteiger charge is 2.50. The molecule has 4 aliphatic rings. The van der Waals surface area contributed by atoms with Gasteiger partial charge in [-0.15, -0.1) is 0 Å². The molecule has 190 valence electrons. The van der Waals surface area contributed by atoms with Crippen LogP contribution in [-0.2, 0) is 16.0 Å². The van der Waals surface area contributed by atoms with Crippen molar-refractivity contribution in [3.8, 4) is 0 Å². The fraction of sp³-hybridized carbons (Fsp3) is 0.609. The number of piperidine rings is 1. The van der Waals surface area contributed by atoms with Crippen molar-refractivity contribution >= 4 is 17.7 Å². The van der Waals surface area contributed by atoms with E-state index in [4.69, 9.17) is 4.74 Å². The minimum atomic E-state index is -3.06. The summed E-state index contributed by atoms with van der Waals surface area (Å²) in [6.07, 6.45) is 3.10. The Kier molecular flexibility index (Phi) is 6.20. The molecule has 3 atom stereocenters. The van der Waals surface area contributed by atoms with E-state index >= 15 is 0 Å². The van der Waals surface area contributed by atoms with Gasteiger partial charge in [0.1, 0.15) is 12.4 Å². The van der Waals surface area contributed by atoms with Crippen LogP contribution in [0.15, 0.2) is 29.7 Å². The van der Waals surface area contributed by atoms with Crippen LogP contribution in [0.3, 0.4) is 0 Å². The van der Waals surface area contributed by atoms with Gasteiger partial charge in [-0.05, 0) is 25.0 Å². The van der Waals surface area contributed by atoms with Gasteiger partial charge in [0.15, 0.2) is 6.10 Å². The maximum atomic E-state index is 14.0. The number of alkyl halides is 4. The lowest BCUT2D eigenvalue weighted by Crippen LogP contribution is -2.59. The summed E-state index contributed by atoms with van der Waals surface area (Å²) in [7, 11) is 1.63. The Morgan fingerprint density at radius 1 is 1.31 bits per heavy atom. The van der Waals surface area contributed by atoms with Gasteiger partial charge in [0.2, 0.25) is 12.4 Å². The van der Waals surface area contributed by atoms with Gasteiger partial charge in [0.05, 0.1) is 18.5 Å². The van der Waals surface area contributed by atoms with Crippen LogP contribution < -0.4 is 15.5 Å². The summed E-state index contributed by atoms with van der Waals surface area (Å²) in [6, 6.07) is -0.595. The van der Waals surface area contributed by atoms with Gasteiger partial charge in [-0.3, -0.25) is 4.79 Å². The Labute approximate surface area is 200 Å². The van der Waals surface area contributed by atoms with Crippen molar-refractivity contribution in [1.29, 1.82) is 0 Å². The first kappa shape index (κ1) is 24.0. The number of carbonyl (C=O) groups is 1. The lowest BCUT2D eigenvalue weighted by molar-refractivity contribution is -0.152. The quantitative estimate of drug-likeness (QED) is 0.606. The largest absolute Gasteiger partial charge is 0.360 e. The molecule has 2 N–H and O–H groups in total. The van der Waals surface area contributed by atoms with E-state index in [1.165, 1.54) is 4.90 Å². The number of hydrogen-bond donors (Lipinski definition) is 2. The van der Waals surface area contributed by atoms with E-state index in [9.17, 15) is 22.4 Å². The standard InChI is InChI=1S/C23H28F4N6O2/c1-3-12-7-28-22(33-8-13(9-33)19(24)25)31-20(12)30-14-4-5-16-15(6-14)17-18(21(34)32(16)2)35-11-23(26,27)10-29-17/h4-5,7,13,15,17-19,29H,3,6,8-11H2,1-2H3,(H,28,30,31). The minimum absolute atomic E-state index is 0.208. The van der Waals surface area contributed by atoms with Gasteiger partial charge in [0, 0.05) is 49.2 Å². The van der Waals surface area contributed by atoms with Crippen LogP contribution in [0.2, 0.25) is 0 Å². The van der Waals surface area contributed by atoms with E-state index < -0.39 is 43.6 Å². The summed E-state index contributed by atoms with van der Waals surface area (Å²) in [5, 5.41) is 6.21. The molecule has 4 heterocycles. The Hall–Kier alpha value is -2.73. The van der Waals surface area contributed by atoms with Crippen molar-refractivity contribution in [2.45, 2.75) is 44.3 Å². The SMILES string of the molecule is CCc1cnc(N2CC(C(F)F)C2)nc1NC1=CC=C2C(C1)C1NCC(F)(F)COC1C(=O)N2C. The monoisotopic (exact) mass is 496 g/mol. The van der Waals surface area contributed by atoms with E-state index in [-0.39, 0.29) is 24.9 Å². The lowest BCUT2D eigenvalue weighted by atomic mass is 9.80. The Morgan fingerprint density at radius 2 is 2.09 bits per heavy atom. The molecule has 5 rings (SSSR count). The van der Waals surface area contributed by atoms with Crippen LogP contribution in [-0.4, -0.2) is 78.6 Å². The fourth-order valence-corrected chi connectivity index (χ4v) is 5.02. The Bertz CT molecular complexity index is 1060. The third kappa shape index (κ3) is 4.49. The predicted octanol–water partition coefficient (Wildman–Crippen LogP) is 2.40. The van der Waals surface area contributed by atoms with Crippen molar-refractivity contribution in [3.05, 3.63) is 35.3 Å². The van der Waals surface area contributed by atoms with E-state index in [2.05, 4.69) is 20.6 Å². The highest BCUT2D eigenvalue weighted by molar-refractivity contribution is 5.85. The van der Waals surface area contributed by atoms with Crippen LogP contribution in [0.4, 0.5) is 29.3 Å². The average Bonchev–Trinajstić information content (AvgIpc) is 2.95. The molecule has 35 heavy (non-hydrogen) atoms. The van der Waals surface area contributed by atoms with Crippen LogP contribution in [0.1, 0.15) is 18.9 Å². The zero-order valence-electron chi connectivity index (χ0n) is 19.5. The molecule has 12 heteroatoms. The number of nitrogens with zero attached hydrogens (tertiary/aromatic N) is 4.